The van der Waals surface area contributed by atoms with Gasteiger partial charge in [0.25, 0.3) is 5.91 Å². The highest BCUT2D eigenvalue weighted by Gasteiger charge is 2.51. The topological polar surface area (TPSA) is 91.0 Å². The summed E-state index contributed by atoms with van der Waals surface area (Å²) in [6.45, 7) is 2.78. The van der Waals surface area contributed by atoms with Gasteiger partial charge in [-0.25, -0.2) is 4.79 Å². The number of rotatable bonds is 6. The van der Waals surface area contributed by atoms with Crippen LogP contribution in [0.15, 0.2) is 48.5 Å². The van der Waals surface area contributed by atoms with Gasteiger partial charge in [-0.05, 0) is 30.2 Å². The molecule has 0 aliphatic carbocycles. The Labute approximate surface area is 200 Å². The zero-order valence-electron chi connectivity index (χ0n) is 19.0. The average molecular weight is 490 g/mol. The van der Waals surface area contributed by atoms with E-state index in [2.05, 4.69) is 10.6 Å². The Kier molecular flexibility index (Phi) is 6.70. The maximum absolute atomic E-state index is 13.3. The van der Waals surface area contributed by atoms with Crippen molar-refractivity contribution in [3.8, 4) is 0 Å². The highest BCUT2D eigenvalue weighted by Crippen LogP contribution is 2.36. The lowest BCUT2D eigenvalue weighted by Gasteiger charge is -2.31. The highest BCUT2D eigenvalue weighted by molar-refractivity contribution is 6.10. The summed E-state index contributed by atoms with van der Waals surface area (Å²) in [4.78, 5) is 41.4. The standard InChI is InChI=1S/C24H25F3N4O4/c1-2-23(16-6-4-3-5-7-16)21(33)31(22(34)29-23)15-20(32)28-18-14-17(24(25,26)27)8-9-19(18)30-10-12-35-13-11-30/h3-9,14H,2,10-13,15H2,1H3,(H,28,32)(H,29,34). The molecule has 0 spiro atoms. The van der Waals surface area contributed by atoms with Crippen LogP contribution in [0.3, 0.4) is 0 Å². The molecule has 186 valence electrons. The van der Waals surface area contributed by atoms with Crippen LogP contribution in [0.25, 0.3) is 0 Å². The molecule has 1 atom stereocenters. The van der Waals surface area contributed by atoms with Crippen molar-refractivity contribution >= 4 is 29.2 Å². The summed E-state index contributed by atoms with van der Waals surface area (Å²) in [6.07, 6.45) is -4.35. The van der Waals surface area contributed by atoms with E-state index in [1.807, 2.05) is 4.90 Å². The van der Waals surface area contributed by atoms with Crippen LogP contribution in [0, 0.1) is 0 Å². The number of hydrogen-bond acceptors (Lipinski definition) is 5. The number of urea groups is 1. The predicted octanol–water partition coefficient (Wildman–Crippen LogP) is 3.34. The molecule has 0 radical (unpaired) electrons. The first-order chi connectivity index (χ1) is 16.7. The van der Waals surface area contributed by atoms with Crippen LogP contribution in [-0.2, 0) is 26.0 Å². The van der Waals surface area contributed by atoms with Crippen LogP contribution in [0.5, 0.6) is 0 Å². The van der Waals surface area contributed by atoms with Gasteiger partial charge in [0, 0.05) is 13.1 Å². The second-order valence-electron chi connectivity index (χ2n) is 8.32. The SMILES string of the molecule is CCC1(c2ccccc2)NC(=O)N(CC(=O)Nc2cc(C(F)(F)F)ccc2N2CCOCC2)C1=O. The van der Waals surface area contributed by atoms with Crippen molar-refractivity contribution in [3.05, 3.63) is 59.7 Å². The number of ether oxygens (including phenoxy) is 1. The summed E-state index contributed by atoms with van der Waals surface area (Å²) in [5.74, 6) is -1.38. The fraction of sp³-hybridized carbons (Fsp3) is 0.375. The second kappa shape index (κ2) is 9.57. The molecule has 0 aromatic heterocycles. The fourth-order valence-corrected chi connectivity index (χ4v) is 4.36. The molecule has 4 rings (SSSR count). The molecule has 11 heteroatoms. The Bertz CT molecular complexity index is 1120. The number of carbonyl (C=O) groups excluding carboxylic acids is 3. The predicted molar refractivity (Wildman–Crippen MR) is 122 cm³/mol. The summed E-state index contributed by atoms with van der Waals surface area (Å²) in [5, 5.41) is 5.16. The molecule has 2 N–H and O–H groups in total. The lowest BCUT2D eigenvalue weighted by atomic mass is 9.87. The lowest BCUT2D eigenvalue weighted by Crippen LogP contribution is -2.44. The van der Waals surface area contributed by atoms with Crippen molar-refractivity contribution in [2.45, 2.75) is 25.1 Å². The average Bonchev–Trinajstić information content (AvgIpc) is 3.09. The number of imide groups is 1. The van der Waals surface area contributed by atoms with Gasteiger partial charge in [-0.2, -0.15) is 13.2 Å². The summed E-state index contributed by atoms with van der Waals surface area (Å²) in [6, 6.07) is 11.0. The first-order valence-corrected chi connectivity index (χ1v) is 11.2. The number of morpholine rings is 1. The molecular weight excluding hydrogens is 465 g/mol. The Morgan fingerprint density at radius 2 is 1.80 bits per heavy atom. The van der Waals surface area contributed by atoms with Crippen molar-refractivity contribution in [1.29, 1.82) is 0 Å². The normalized spacial score (nSPS) is 20.7. The smallest absolute Gasteiger partial charge is 0.378 e. The fourth-order valence-electron chi connectivity index (χ4n) is 4.36. The largest absolute Gasteiger partial charge is 0.416 e. The number of alkyl halides is 3. The van der Waals surface area contributed by atoms with Crippen molar-refractivity contribution in [3.63, 3.8) is 0 Å². The van der Waals surface area contributed by atoms with Gasteiger partial charge in [0.05, 0.1) is 30.2 Å². The third kappa shape index (κ3) is 4.81. The Morgan fingerprint density at radius 1 is 1.11 bits per heavy atom. The molecule has 2 heterocycles. The molecule has 8 nitrogen and oxygen atoms in total. The van der Waals surface area contributed by atoms with Gasteiger partial charge < -0.3 is 20.3 Å². The third-order valence-corrected chi connectivity index (χ3v) is 6.22. The maximum atomic E-state index is 13.3. The minimum absolute atomic E-state index is 0.0522. The first kappa shape index (κ1) is 24.5. The maximum Gasteiger partial charge on any atom is 0.416 e. The monoisotopic (exact) mass is 490 g/mol. The first-order valence-electron chi connectivity index (χ1n) is 11.2. The van der Waals surface area contributed by atoms with Gasteiger partial charge in [0.1, 0.15) is 12.1 Å². The van der Waals surface area contributed by atoms with E-state index in [4.69, 9.17) is 4.74 Å². The zero-order valence-corrected chi connectivity index (χ0v) is 19.0. The van der Waals surface area contributed by atoms with E-state index in [9.17, 15) is 27.6 Å². The van der Waals surface area contributed by atoms with E-state index < -0.39 is 41.7 Å². The molecule has 35 heavy (non-hydrogen) atoms. The van der Waals surface area contributed by atoms with Gasteiger partial charge >= 0.3 is 12.2 Å². The van der Waals surface area contributed by atoms with Gasteiger partial charge in [-0.1, -0.05) is 37.3 Å². The molecule has 4 amide bonds. The summed E-state index contributed by atoms with van der Waals surface area (Å²) < 4.78 is 45.3. The second-order valence-corrected chi connectivity index (χ2v) is 8.32. The number of halogens is 3. The Morgan fingerprint density at radius 3 is 2.43 bits per heavy atom. The Hall–Kier alpha value is -3.60. The van der Waals surface area contributed by atoms with Crippen LogP contribution in [0.4, 0.5) is 29.3 Å². The molecule has 0 bridgehead atoms. The molecule has 0 saturated carbocycles. The van der Waals surface area contributed by atoms with Crippen molar-refractivity contribution in [2.24, 2.45) is 0 Å². The molecule has 2 aliphatic heterocycles. The zero-order chi connectivity index (χ0) is 25.2. The number of nitrogens with zero attached hydrogens (tertiary/aromatic N) is 2. The number of hydrogen-bond donors (Lipinski definition) is 2. The quantitative estimate of drug-likeness (QED) is 0.607. The third-order valence-electron chi connectivity index (χ3n) is 6.22. The van der Waals surface area contributed by atoms with E-state index in [0.717, 1.165) is 17.0 Å². The number of amides is 4. The van der Waals surface area contributed by atoms with Gasteiger partial charge in [-0.15, -0.1) is 0 Å². The van der Waals surface area contributed by atoms with Gasteiger partial charge in [-0.3, -0.25) is 14.5 Å². The molecule has 2 saturated heterocycles. The molecule has 2 aromatic rings. The van der Waals surface area contributed by atoms with Crippen molar-refractivity contribution in [2.75, 3.05) is 43.1 Å². The number of anilines is 2. The van der Waals surface area contributed by atoms with E-state index in [1.54, 1.807) is 37.3 Å². The molecule has 2 fully saturated rings. The van der Waals surface area contributed by atoms with Gasteiger partial charge in [0.15, 0.2) is 0 Å². The van der Waals surface area contributed by atoms with Crippen molar-refractivity contribution in [1.82, 2.24) is 10.2 Å². The molecule has 1 unspecified atom stereocenters. The van der Waals surface area contributed by atoms with E-state index in [-0.39, 0.29) is 12.1 Å². The molecular formula is C24H25F3N4O4. The highest BCUT2D eigenvalue weighted by atomic mass is 19.4. The van der Waals surface area contributed by atoms with Crippen LogP contribution < -0.4 is 15.5 Å². The van der Waals surface area contributed by atoms with Crippen LogP contribution >= 0.6 is 0 Å². The number of nitrogens with one attached hydrogen (secondary N) is 2. The summed E-state index contributed by atoms with van der Waals surface area (Å²) >= 11 is 0. The van der Waals surface area contributed by atoms with Crippen LogP contribution in [0.2, 0.25) is 0 Å². The number of benzene rings is 2. The lowest BCUT2D eigenvalue weighted by molar-refractivity contribution is -0.137. The Balaban J connectivity index is 1.57. The van der Waals surface area contributed by atoms with Crippen molar-refractivity contribution < 1.29 is 32.3 Å². The molecule has 2 aromatic carbocycles. The van der Waals surface area contributed by atoms with Crippen LogP contribution in [-0.4, -0.2) is 55.6 Å². The van der Waals surface area contributed by atoms with Gasteiger partial charge in [0.2, 0.25) is 5.91 Å². The number of carbonyl (C=O) groups is 3. The molecule has 2 aliphatic rings. The summed E-state index contributed by atoms with van der Waals surface area (Å²) in [5.41, 5.74) is -1.30. The van der Waals surface area contributed by atoms with Crippen LogP contribution in [0.1, 0.15) is 24.5 Å². The minimum Gasteiger partial charge on any atom is -0.378 e. The van der Waals surface area contributed by atoms with E-state index in [0.29, 0.717) is 37.6 Å². The van der Waals surface area contributed by atoms with E-state index >= 15 is 0 Å². The summed E-state index contributed by atoms with van der Waals surface area (Å²) in [7, 11) is 0. The minimum atomic E-state index is -4.61. The van der Waals surface area contributed by atoms with E-state index in [1.165, 1.54) is 6.07 Å².